The first-order chi connectivity index (χ1) is 16.7. The van der Waals surface area contributed by atoms with E-state index in [-0.39, 0.29) is 11.3 Å². The van der Waals surface area contributed by atoms with Gasteiger partial charge in [-0.2, -0.15) is 0 Å². The maximum atomic E-state index is 13.3. The van der Waals surface area contributed by atoms with Gasteiger partial charge in [-0.05, 0) is 66.9 Å². The summed E-state index contributed by atoms with van der Waals surface area (Å²) in [4.78, 5) is 39.3. The molecule has 7 heteroatoms. The van der Waals surface area contributed by atoms with Crippen molar-refractivity contribution in [3.63, 3.8) is 0 Å². The van der Waals surface area contributed by atoms with E-state index >= 15 is 0 Å². The topological polar surface area (TPSA) is 93.1 Å². The number of nitrogens with zero attached hydrogens (tertiary/aromatic N) is 1. The lowest BCUT2D eigenvalue weighted by Gasteiger charge is -2.26. The van der Waals surface area contributed by atoms with E-state index in [2.05, 4.69) is 0 Å². The summed E-state index contributed by atoms with van der Waals surface area (Å²) in [5, 5.41) is 11.3. The number of anilines is 1. The molecular formula is C28H25NO6. The first kappa shape index (κ1) is 23.8. The first-order valence-corrected chi connectivity index (χ1v) is 11.0. The van der Waals surface area contributed by atoms with Crippen LogP contribution in [-0.2, 0) is 14.4 Å². The quantitative estimate of drug-likeness (QED) is 0.188. The van der Waals surface area contributed by atoms with Crippen molar-refractivity contribution in [3.8, 4) is 11.5 Å². The minimum Gasteiger partial charge on any atom is -0.507 e. The molecule has 178 valence electrons. The van der Waals surface area contributed by atoms with Gasteiger partial charge in [0.15, 0.2) is 0 Å². The van der Waals surface area contributed by atoms with Crippen LogP contribution < -0.4 is 14.4 Å². The first-order valence-electron chi connectivity index (χ1n) is 11.0. The van der Waals surface area contributed by atoms with E-state index in [4.69, 9.17) is 9.47 Å². The van der Waals surface area contributed by atoms with Crippen molar-refractivity contribution in [2.24, 2.45) is 0 Å². The Hall–Kier alpha value is -4.39. The molecule has 0 aliphatic carbocycles. The number of rotatable bonds is 5. The summed E-state index contributed by atoms with van der Waals surface area (Å²) in [5.41, 5.74) is 3.42. The molecule has 7 nitrogen and oxygen atoms in total. The van der Waals surface area contributed by atoms with Gasteiger partial charge in [0.05, 0.1) is 18.7 Å². The molecule has 1 aliphatic rings. The number of aliphatic hydroxyl groups is 1. The zero-order valence-electron chi connectivity index (χ0n) is 19.9. The highest BCUT2D eigenvalue weighted by molar-refractivity contribution is 6.51. The number of carbonyl (C=O) groups excluding carboxylic acids is 3. The number of aryl methyl sites for hydroxylation is 2. The van der Waals surface area contributed by atoms with Gasteiger partial charge in [-0.25, -0.2) is 0 Å². The van der Waals surface area contributed by atoms with E-state index in [1.165, 1.54) is 18.9 Å². The zero-order valence-corrected chi connectivity index (χ0v) is 19.9. The van der Waals surface area contributed by atoms with Gasteiger partial charge in [0, 0.05) is 18.2 Å². The van der Waals surface area contributed by atoms with Crippen molar-refractivity contribution in [3.05, 3.63) is 94.6 Å². The number of ketones is 1. The maximum absolute atomic E-state index is 13.3. The lowest BCUT2D eigenvalue weighted by molar-refractivity contribution is -0.132. The fourth-order valence-corrected chi connectivity index (χ4v) is 4.10. The molecule has 1 saturated heterocycles. The molecule has 1 amide bonds. The Balaban J connectivity index is 1.91. The SMILES string of the molecule is COc1cccc(/C(O)=C2\C(=O)C(=O)N(c3ccc(C)c(C)c3)C2c2ccc(OC(C)=O)cc2)c1. The number of carbonyl (C=O) groups is 3. The van der Waals surface area contributed by atoms with Crippen LogP contribution in [0, 0.1) is 13.8 Å². The van der Waals surface area contributed by atoms with Gasteiger partial charge < -0.3 is 14.6 Å². The van der Waals surface area contributed by atoms with Gasteiger partial charge in [-0.3, -0.25) is 19.3 Å². The Morgan fingerprint density at radius 1 is 0.914 bits per heavy atom. The van der Waals surface area contributed by atoms with E-state index in [0.717, 1.165) is 11.1 Å². The molecule has 3 aromatic carbocycles. The predicted molar refractivity (Wildman–Crippen MR) is 131 cm³/mol. The van der Waals surface area contributed by atoms with Crippen LogP contribution in [0.2, 0.25) is 0 Å². The number of hydrogen-bond acceptors (Lipinski definition) is 6. The molecule has 1 fully saturated rings. The van der Waals surface area contributed by atoms with Gasteiger partial charge in [0.2, 0.25) is 0 Å². The fraction of sp³-hybridized carbons (Fsp3) is 0.179. The number of aliphatic hydroxyl groups excluding tert-OH is 1. The summed E-state index contributed by atoms with van der Waals surface area (Å²) in [6, 6.07) is 17.8. The van der Waals surface area contributed by atoms with Gasteiger partial charge in [0.1, 0.15) is 17.3 Å². The van der Waals surface area contributed by atoms with Gasteiger partial charge in [-0.1, -0.05) is 30.3 Å². The van der Waals surface area contributed by atoms with Crippen molar-refractivity contribution in [1.29, 1.82) is 0 Å². The van der Waals surface area contributed by atoms with E-state index in [1.807, 2.05) is 26.0 Å². The zero-order chi connectivity index (χ0) is 25.3. The second-order valence-electron chi connectivity index (χ2n) is 8.33. The van der Waals surface area contributed by atoms with Crippen LogP contribution in [0.5, 0.6) is 11.5 Å². The van der Waals surface area contributed by atoms with E-state index in [1.54, 1.807) is 54.6 Å². The number of hydrogen-bond donors (Lipinski definition) is 1. The fourth-order valence-electron chi connectivity index (χ4n) is 4.10. The summed E-state index contributed by atoms with van der Waals surface area (Å²) in [6.07, 6.45) is 0. The summed E-state index contributed by atoms with van der Waals surface area (Å²) in [6.45, 7) is 5.19. The van der Waals surface area contributed by atoms with Crippen molar-refractivity contribution < 1.29 is 29.0 Å². The summed E-state index contributed by atoms with van der Waals surface area (Å²) in [7, 11) is 1.50. The van der Waals surface area contributed by atoms with Crippen LogP contribution in [0.1, 0.15) is 35.2 Å². The highest BCUT2D eigenvalue weighted by Crippen LogP contribution is 2.43. The number of methoxy groups -OCH3 is 1. The third kappa shape index (κ3) is 4.53. The Labute approximate surface area is 203 Å². The smallest absolute Gasteiger partial charge is 0.308 e. The van der Waals surface area contributed by atoms with Crippen LogP contribution in [0.4, 0.5) is 5.69 Å². The number of benzene rings is 3. The molecule has 0 saturated carbocycles. The molecule has 0 radical (unpaired) electrons. The third-order valence-corrected chi connectivity index (χ3v) is 6.01. The van der Waals surface area contributed by atoms with Crippen molar-refractivity contribution in [1.82, 2.24) is 0 Å². The molecule has 0 spiro atoms. The summed E-state index contributed by atoms with van der Waals surface area (Å²) in [5.74, 6) is -1.47. The standard InChI is InChI=1S/C28H25NO6/c1-16-8-11-21(14-17(16)2)29-25(19-9-12-22(13-10-19)35-18(3)30)24(27(32)28(29)33)26(31)20-6-5-7-23(15-20)34-4/h5-15,25,31H,1-4H3/b26-24+. The van der Waals surface area contributed by atoms with Crippen LogP contribution in [0.3, 0.4) is 0 Å². The monoisotopic (exact) mass is 471 g/mol. The second-order valence-corrected chi connectivity index (χ2v) is 8.33. The van der Waals surface area contributed by atoms with Crippen molar-refractivity contribution in [2.75, 3.05) is 12.0 Å². The number of amides is 1. The van der Waals surface area contributed by atoms with Gasteiger partial charge in [-0.15, -0.1) is 0 Å². The van der Waals surface area contributed by atoms with E-state index in [0.29, 0.717) is 28.3 Å². The van der Waals surface area contributed by atoms with Crippen LogP contribution in [0.25, 0.3) is 5.76 Å². The lowest BCUT2D eigenvalue weighted by Crippen LogP contribution is -2.29. The largest absolute Gasteiger partial charge is 0.507 e. The Bertz CT molecular complexity index is 1360. The van der Waals surface area contributed by atoms with Crippen molar-refractivity contribution >= 4 is 29.1 Å². The lowest BCUT2D eigenvalue weighted by atomic mass is 9.95. The molecular weight excluding hydrogens is 446 g/mol. The molecule has 1 aliphatic heterocycles. The average Bonchev–Trinajstić information content (AvgIpc) is 3.11. The van der Waals surface area contributed by atoms with E-state index in [9.17, 15) is 19.5 Å². The Morgan fingerprint density at radius 3 is 2.26 bits per heavy atom. The second kappa shape index (κ2) is 9.46. The van der Waals surface area contributed by atoms with Gasteiger partial charge >= 0.3 is 5.97 Å². The Morgan fingerprint density at radius 2 is 1.63 bits per heavy atom. The third-order valence-electron chi connectivity index (χ3n) is 6.01. The molecule has 0 bridgehead atoms. The number of esters is 1. The summed E-state index contributed by atoms with van der Waals surface area (Å²) < 4.78 is 10.4. The van der Waals surface area contributed by atoms with Crippen molar-refractivity contribution in [2.45, 2.75) is 26.8 Å². The van der Waals surface area contributed by atoms with Crippen LogP contribution >= 0.6 is 0 Å². The van der Waals surface area contributed by atoms with Gasteiger partial charge in [0.25, 0.3) is 11.7 Å². The van der Waals surface area contributed by atoms with Crippen LogP contribution in [-0.4, -0.2) is 29.9 Å². The Kier molecular flexibility index (Phi) is 6.42. The number of Topliss-reactive ketones (excluding diaryl/α,β-unsaturated/α-hetero) is 1. The molecule has 4 rings (SSSR count). The highest BCUT2D eigenvalue weighted by Gasteiger charge is 2.47. The molecule has 35 heavy (non-hydrogen) atoms. The molecule has 1 heterocycles. The normalized spacial score (nSPS) is 16.9. The molecule has 1 unspecified atom stereocenters. The molecule has 1 atom stereocenters. The van der Waals surface area contributed by atoms with E-state index < -0.39 is 23.7 Å². The predicted octanol–water partition coefficient (Wildman–Crippen LogP) is 4.86. The maximum Gasteiger partial charge on any atom is 0.308 e. The molecule has 1 N–H and O–H groups in total. The highest BCUT2D eigenvalue weighted by atomic mass is 16.5. The minimum absolute atomic E-state index is 0.0401. The summed E-state index contributed by atoms with van der Waals surface area (Å²) >= 11 is 0. The molecule has 3 aromatic rings. The number of ether oxygens (including phenoxy) is 2. The average molecular weight is 472 g/mol. The minimum atomic E-state index is -0.894. The van der Waals surface area contributed by atoms with Crippen LogP contribution in [0.15, 0.2) is 72.3 Å². The molecule has 0 aromatic heterocycles.